The van der Waals surface area contributed by atoms with Crippen molar-refractivity contribution in [2.24, 2.45) is 0 Å². The Hall–Kier alpha value is -2.74. The molecule has 29 heavy (non-hydrogen) atoms. The monoisotopic (exact) mass is 420 g/mol. The van der Waals surface area contributed by atoms with Crippen molar-refractivity contribution in [1.82, 2.24) is 9.97 Å². The van der Waals surface area contributed by atoms with Gasteiger partial charge < -0.3 is 9.47 Å². The molecule has 0 bridgehead atoms. The fraction of sp³-hybridized carbons (Fsp3) is 0.238. The number of ether oxygens (including phenoxy) is 2. The Labute approximate surface area is 171 Å². The lowest BCUT2D eigenvalue weighted by Crippen LogP contribution is -2.04. The lowest BCUT2D eigenvalue weighted by molar-refractivity contribution is -0.137. The van der Waals surface area contributed by atoms with Crippen LogP contribution in [0, 0.1) is 0 Å². The lowest BCUT2D eigenvalue weighted by atomic mass is 10.1. The second kappa shape index (κ2) is 9.17. The van der Waals surface area contributed by atoms with Gasteiger partial charge in [0.2, 0.25) is 5.88 Å². The molecule has 0 saturated heterocycles. The summed E-state index contributed by atoms with van der Waals surface area (Å²) >= 11 is 1.34. The molecule has 0 spiro atoms. The van der Waals surface area contributed by atoms with Gasteiger partial charge in [-0.25, -0.2) is 4.98 Å². The summed E-state index contributed by atoms with van der Waals surface area (Å²) in [6.45, 7) is 1.97. The number of alkyl halides is 3. The Kier molecular flexibility index (Phi) is 6.64. The minimum atomic E-state index is -4.34. The van der Waals surface area contributed by atoms with Crippen LogP contribution in [0.2, 0.25) is 0 Å². The molecule has 3 rings (SSSR count). The number of hydrogen-bond donors (Lipinski definition) is 0. The van der Waals surface area contributed by atoms with Crippen molar-refractivity contribution in [3.05, 3.63) is 71.4 Å². The number of rotatable bonds is 7. The Bertz CT molecular complexity index is 963. The molecule has 0 fully saturated rings. The van der Waals surface area contributed by atoms with Crippen LogP contribution in [0.5, 0.6) is 17.4 Å². The minimum absolute atomic E-state index is 0.403. The molecule has 0 unspecified atom stereocenters. The molecule has 0 aliphatic rings. The van der Waals surface area contributed by atoms with E-state index in [2.05, 4.69) is 9.97 Å². The van der Waals surface area contributed by atoms with Crippen molar-refractivity contribution in [3.8, 4) is 17.4 Å². The topological polar surface area (TPSA) is 44.2 Å². The van der Waals surface area contributed by atoms with Gasteiger partial charge in [-0.05, 0) is 36.2 Å². The molecule has 2 aromatic carbocycles. The average molecular weight is 420 g/mol. The summed E-state index contributed by atoms with van der Waals surface area (Å²) in [5.41, 5.74) is 0.904. The maximum absolute atomic E-state index is 12.7. The van der Waals surface area contributed by atoms with Crippen molar-refractivity contribution in [2.45, 2.75) is 30.4 Å². The summed E-state index contributed by atoms with van der Waals surface area (Å²) in [6, 6.07) is 14.0. The van der Waals surface area contributed by atoms with Gasteiger partial charge in [-0.2, -0.15) is 18.2 Å². The Balaban J connectivity index is 1.73. The first-order valence-electron chi connectivity index (χ1n) is 8.86. The lowest BCUT2D eigenvalue weighted by Gasteiger charge is -2.10. The summed E-state index contributed by atoms with van der Waals surface area (Å²) in [5, 5.41) is 0.502. The van der Waals surface area contributed by atoms with E-state index in [-0.39, 0.29) is 0 Å². The predicted octanol–water partition coefficient (Wildman–Crippen LogP) is 6.15. The van der Waals surface area contributed by atoms with E-state index in [4.69, 9.17) is 9.47 Å². The standard InChI is InChI=1S/C21H19F3N2O2S/c1-3-16-11-19(28-18-6-4-5-17(12-18)27-2)26-20(25-16)29-13-14-7-9-15(10-8-14)21(22,23)24/h4-12H,3,13H2,1-2H3. The molecule has 0 saturated carbocycles. The molecule has 0 atom stereocenters. The number of hydrogen-bond acceptors (Lipinski definition) is 5. The van der Waals surface area contributed by atoms with Crippen molar-refractivity contribution in [3.63, 3.8) is 0 Å². The molecule has 0 aliphatic heterocycles. The zero-order valence-corrected chi connectivity index (χ0v) is 16.7. The van der Waals surface area contributed by atoms with E-state index >= 15 is 0 Å². The SMILES string of the molecule is CCc1cc(Oc2cccc(OC)c2)nc(SCc2ccc(C(F)(F)F)cc2)n1. The van der Waals surface area contributed by atoms with E-state index < -0.39 is 11.7 Å². The van der Waals surface area contributed by atoms with Crippen LogP contribution in [0.3, 0.4) is 0 Å². The third-order valence-corrected chi connectivity index (χ3v) is 4.93. The fourth-order valence-electron chi connectivity index (χ4n) is 2.47. The molecule has 8 heteroatoms. The van der Waals surface area contributed by atoms with Crippen LogP contribution >= 0.6 is 11.8 Å². The average Bonchev–Trinajstić information content (AvgIpc) is 2.72. The quantitative estimate of drug-likeness (QED) is 0.339. The van der Waals surface area contributed by atoms with Gasteiger partial charge in [-0.3, -0.25) is 0 Å². The Morgan fingerprint density at radius 2 is 1.69 bits per heavy atom. The second-order valence-corrected chi connectivity index (χ2v) is 7.04. The van der Waals surface area contributed by atoms with Gasteiger partial charge in [0, 0.05) is 23.6 Å². The van der Waals surface area contributed by atoms with Crippen molar-refractivity contribution in [1.29, 1.82) is 0 Å². The van der Waals surface area contributed by atoms with Gasteiger partial charge in [-0.1, -0.05) is 36.9 Å². The van der Waals surface area contributed by atoms with Crippen molar-refractivity contribution in [2.75, 3.05) is 7.11 Å². The molecule has 4 nitrogen and oxygen atoms in total. The van der Waals surface area contributed by atoms with Gasteiger partial charge >= 0.3 is 6.18 Å². The van der Waals surface area contributed by atoms with Crippen molar-refractivity contribution < 1.29 is 22.6 Å². The zero-order chi connectivity index (χ0) is 20.9. The highest BCUT2D eigenvalue weighted by molar-refractivity contribution is 7.98. The molecule has 0 N–H and O–H groups in total. The van der Waals surface area contributed by atoms with Crippen molar-refractivity contribution >= 4 is 11.8 Å². The number of thioether (sulfide) groups is 1. The number of benzene rings is 2. The van der Waals surface area contributed by atoms with Gasteiger partial charge in [-0.15, -0.1) is 0 Å². The molecular weight excluding hydrogens is 401 g/mol. The van der Waals surface area contributed by atoms with Crippen LogP contribution in [-0.4, -0.2) is 17.1 Å². The highest BCUT2D eigenvalue weighted by Gasteiger charge is 2.29. The van der Waals surface area contributed by atoms with Crippen LogP contribution in [0.1, 0.15) is 23.7 Å². The normalized spacial score (nSPS) is 11.3. The number of aryl methyl sites for hydroxylation is 1. The highest BCUT2D eigenvalue weighted by atomic mass is 32.2. The molecule has 0 aliphatic carbocycles. The molecule has 3 aromatic rings. The summed E-state index contributed by atoms with van der Waals surface area (Å²) in [6.07, 6.45) is -3.64. The van der Waals surface area contributed by atoms with E-state index in [1.165, 1.54) is 23.9 Å². The molecule has 1 heterocycles. The number of halogens is 3. The first-order chi connectivity index (χ1) is 13.9. The number of aromatic nitrogens is 2. The maximum atomic E-state index is 12.7. The Morgan fingerprint density at radius 1 is 0.966 bits per heavy atom. The van der Waals surface area contributed by atoms with E-state index in [9.17, 15) is 13.2 Å². The van der Waals surface area contributed by atoms with E-state index in [0.717, 1.165) is 23.4 Å². The molecular formula is C21H19F3N2O2S. The summed E-state index contributed by atoms with van der Waals surface area (Å²) < 4.78 is 49.1. The van der Waals surface area contributed by atoms with Crippen LogP contribution in [0.4, 0.5) is 13.2 Å². The number of nitrogens with zero attached hydrogens (tertiary/aromatic N) is 2. The summed E-state index contributed by atoms with van der Waals surface area (Å²) in [7, 11) is 1.58. The largest absolute Gasteiger partial charge is 0.497 e. The minimum Gasteiger partial charge on any atom is -0.497 e. The van der Waals surface area contributed by atoms with Gasteiger partial charge in [0.1, 0.15) is 11.5 Å². The van der Waals surface area contributed by atoms with Gasteiger partial charge in [0.05, 0.1) is 12.7 Å². The molecule has 0 radical (unpaired) electrons. The van der Waals surface area contributed by atoms with E-state index in [1.807, 2.05) is 19.1 Å². The van der Waals surface area contributed by atoms with Gasteiger partial charge in [0.15, 0.2) is 5.16 Å². The first-order valence-corrected chi connectivity index (χ1v) is 9.84. The highest BCUT2D eigenvalue weighted by Crippen LogP contribution is 2.31. The zero-order valence-electron chi connectivity index (χ0n) is 15.9. The molecule has 1 aromatic heterocycles. The third-order valence-electron chi connectivity index (χ3n) is 4.01. The molecule has 152 valence electrons. The van der Waals surface area contributed by atoms with Crippen LogP contribution in [0.15, 0.2) is 59.8 Å². The van der Waals surface area contributed by atoms with E-state index in [1.54, 1.807) is 25.3 Å². The predicted molar refractivity (Wildman–Crippen MR) is 105 cm³/mol. The summed E-state index contributed by atoms with van der Waals surface area (Å²) in [5.74, 6) is 2.11. The van der Waals surface area contributed by atoms with Crippen LogP contribution < -0.4 is 9.47 Å². The number of methoxy groups -OCH3 is 1. The van der Waals surface area contributed by atoms with Crippen LogP contribution in [-0.2, 0) is 18.3 Å². The molecule has 0 amide bonds. The third kappa shape index (κ3) is 5.87. The second-order valence-electron chi connectivity index (χ2n) is 6.10. The van der Waals surface area contributed by atoms with Gasteiger partial charge in [0.25, 0.3) is 0 Å². The van der Waals surface area contributed by atoms with E-state index in [0.29, 0.717) is 34.7 Å². The smallest absolute Gasteiger partial charge is 0.416 e. The Morgan fingerprint density at radius 3 is 2.34 bits per heavy atom. The first kappa shape index (κ1) is 21.0. The maximum Gasteiger partial charge on any atom is 0.416 e. The fourth-order valence-corrected chi connectivity index (χ4v) is 3.29. The summed E-state index contributed by atoms with van der Waals surface area (Å²) in [4.78, 5) is 8.88. The van der Waals surface area contributed by atoms with Crippen LogP contribution in [0.25, 0.3) is 0 Å².